The van der Waals surface area contributed by atoms with Gasteiger partial charge in [-0.1, -0.05) is 15.9 Å². The Morgan fingerprint density at radius 2 is 2.16 bits per heavy atom. The topological polar surface area (TPSA) is 44.8 Å². The SMILES string of the molecule is C[C@@H]1CN([C]=O)[C@@H](C)CN1CCCNC1COc2ccc(Br)cc2C1. The van der Waals surface area contributed by atoms with Crippen molar-refractivity contribution in [1.82, 2.24) is 15.1 Å². The van der Waals surface area contributed by atoms with E-state index in [1.165, 1.54) is 5.56 Å². The molecule has 2 heterocycles. The molecule has 6 heteroatoms. The number of hydrogen-bond acceptors (Lipinski definition) is 4. The van der Waals surface area contributed by atoms with Crippen LogP contribution >= 0.6 is 15.9 Å². The third-order valence-electron chi connectivity index (χ3n) is 5.22. The van der Waals surface area contributed by atoms with E-state index in [1.54, 1.807) is 4.90 Å². The van der Waals surface area contributed by atoms with Gasteiger partial charge >= 0.3 is 6.41 Å². The standard InChI is InChI=1S/C19H27BrN3O2/c1-14-11-23(13-24)15(2)10-22(14)7-3-6-21-18-9-16-8-17(20)4-5-19(16)25-12-18/h4-5,8,14-15,18,21H,3,6-7,9-12H2,1-2H3/t14-,15+,18?/m1/s1. The van der Waals surface area contributed by atoms with Gasteiger partial charge in [0.25, 0.3) is 0 Å². The summed E-state index contributed by atoms with van der Waals surface area (Å²) < 4.78 is 6.96. The van der Waals surface area contributed by atoms with Gasteiger partial charge in [0.15, 0.2) is 0 Å². The Morgan fingerprint density at radius 3 is 2.96 bits per heavy atom. The van der Waals surface area contributed by atoms with E-state index in [-0.39, 0.29) is 6.04 Å². The number of nitrogens with one attached hydrogen (secondary N) is 1. The van der Waals surface area contributed by atoms with Gasteiger partial charge in [0, 0.05) is 35.7 Å². The smallest absolute Gasteiger partial charge is 0.312 e. The monoisotopic (exact) mass is 408 g/mol. The van der Waals surface area contributed by atoms with E-state index in [0.29, 0.717) is 12.1 Å². The molecule has 0 aromatic heterocycles. The first-order valence-corrected chi connectivity index (χ1v) is 9.89. The van der Waals surface area contributed by atoms with Crippen LogP contribution in [0, 0.1) is 0 Å². The van der Waals surface area contributed by atoms with Gasteiger partial charge in [-0.15, -0.1) is 0 Å². The van der Waals surface area contributed by atoms with Crippen molar-refractivity contribution in [2.75, 3.05) is 32.8 Å². The molecule has 1 radical (unpaired) electrons. The summed E-state index contributed by atoms with van der Waals surface area (Å²) in [5.74, 6) is 1.01. The molecule has 1 aromatic rings. The number of fused-ring (bicyclic) bond motifs is 1. The van der Waals surface area contributed by atoms with Crippen molar-refractivity contribution in [2.45, 2.75) is 44.8 Å². The predicted octanol–water partition coefficient (Wildman–Crippen LogP) is 2.19. The molecule has 0 spiro atoms. The molecule has 0 saturated carbocycles. The summed E-state index contributed by atoms with van der Waals surface area (Å²) in [6.45, 7) is 8.77. The summed E-state index contributed by atoms with van der Waals surface area (Å²) in [5.41, 5.74) is 1.27. The first kappa shape index (κ1) is 18.7. The lowest BCUT2D eigenvalue weighted by Gasteiger charge is -2.42. The van der Waals surface area contributed by atoms with E-state index >= 15 is 0 Å². The van der Waals surface area contributed by atoms with Crippen molar-refractivity contribution in [2.24, 2.45) is 0 Å². The second-order valence-electron chi connectivity index (χ2n) is 7.21. The van der Waals surface area contributed by atoms with E-state index in [9.17, 15) is 4.79 Å². The number of benzene rings is 1. The maximum Gasteiger partial charge on any atom is 0.312 e. The highest BCUT2D eigenvalue weighted by atomic mass is 79.9. The van der Waals surface area contributed by atoms with Gasteiger partial charge in [-0.2, -0.15) is 0 Å². The van der Waals surface area contributed by atoms with Crippen LogP contribution in [0.2, 0.25) is 0 Å². The number of halogens is 1. The Labute approximate surface area is 158 Å². The zero-order valence-corrected chi connectivity index (χ0v) is 16.6. The van der Waals surface area contributed by atoms with Crippen LogP contribution < -0.4 is 10.1 Å². The molecule has 1 N–H and O–H groups in total. The zero-order valence-electron chi connectivity index (χ0n) is 15.0. The van der Waals surface area contributed by atoms with Gasteiger partial charge < -0.3 is 15.0 Å². The first-order valence-electron chi connectivity index (χ1n) is 9.10. The largest absolute Gasteiger partial charge is 0.492 e. The van der Waals surface area contributed by atoms with Crippen molar-refractivity contribution >= 4 is 22.3 Å². The van der Waals surface area contributed by atoms with Crippen LogP contribution in [0.25, 0.3) is 0 Å². The maximum absolute atomic E-state index is 10.9. The molecular weight excluding hydrogens is 382 g/mol. The van der Waals surface area contributed by atoms with E-state index in [0.717, 1.165) is 55.8 Å². The summed E-state index contributed by atoms with van der Waals surface area (Å²) in [4.78, 5) is 15.2. The van der Waals surface area contributed by atoms with Crippen LogP contribution in [0.15, 0.2) is 22.7 Å². The van der Waals surface area contributed by atoms with Gasteiger partial charge in [-0.25, -0.2) is 0 Å². The Morgan fingerprint density at radius 1 is 1.32 bits per heavy atom. The van der Waals surface area contributed by atoms with Crippen LogP contribution in [-0.4, -0.2) is 67.1 Å². The van der Waals surface area contributed by atoms with Crippen molar-refractivity contribution in [3.8, 4) is 5.75 Å². The molecule has 1 amide bonds. The van der Waals surface area contributed by atoms with Crippen LogP contribution in [0.3, 0.4) is 0 Å². The Balaban J connectivity index is 1.40. The fourth-order valence-corrected chi connectivity index (χ4v) is 4.13. The van der Waals surface area contributed by atoms with Gasteiger partial charge in [0.2, 0.25) is 0 Å². The van der Waals surface area contributed by atoms with E-state index in [2.05, 4.69) is 52.5 Å². The highest BCUT2D eigenvalue weighted by molar-refractivity contribution is 9.10. The molecule has 3 rings (SSSR count). The molecule has 0 bridgehead atoms. The molecule has 3 atom stereocenters. The minimum absolute atomic E-state index is 0.253. The lowest BCUT2D eigenvalue weighted by molar-refractivity contribution is 0.0824. The lowest BCUT2D eigenvalue weighted by Crippen LogP contribution is -2.56. The average Bonchev–Trinajstić information content (AvgIpc) is 2.60. The lowest BCUT2D eigenvalue weighted by atomic mass is 10.0. The minimum Gasteiger partial charge on any atom is -0.492 e. The number of piperazine rings is 1. The maximum atomic E-state index is 10.9. The van der Waals surface area contributed by atoms with E-state index in [4.69, 9.17) is 4.74 Å². The van der Waals surface area contributed by atoms with E-state index in [1.807, 2.05) is 12.1 Å². The van der Waals surface area contributed by atoms with Gasteiger partial charge in [0.05, 0.1) is 0 Å². The Hall–Kier alpha value is -1.11. The third kappa shape index (κ3) is 4.74. The highest BCUT2D eigenvalue weighted by Gasteiger charge is 2.28. The number of amides is 1. The fraction of sp³-hybridized carbons (Fsp3) is 0.632. The number of hydrogen-bond donors (Lipinski definition) is 1. The molecule has 137 valence electrons. The molecule has 1 fully saturated rings. The molecule has 1 aromatic carbocycles. The van der Waals surface area contributed by atoms with Crippen LogP contribution in [0.5, 0.6) is 5.75 Å². The van der Waals surface area contributed by atoms with Crippen LogP contribution in [0.4, 0.5) is 0 Å². The Kier molecular flexibility index (Phi) is 6.36. The summed E-state index contributed by atoms with van der Waals surface area (Å²) in [6.07, 6.45) is 4.16. The Bertz CT molecular complexity index is 598. The number of carbonyl (C=O) groups excluding carboxylic acids is 1. The number of rotatable bonds is 6. The molecule has 2 aliphatic heterocycles. The van der Waals surface area contributed by atoms with Gasteiger partial charge in [-0.05, 0) is 63.5 Å². The molecule has 5 nitrogen and oxygen atoms in total. The number of ether oxygens (including phenoxy) is 1. The molecule has 1 saturated heterocycles. The van der Waals surface area contributed by atoms with E-state index < -0.39 is 0 Å². The predicted molar refractivity (Wildman–Crippen MR) is 103 cm³/mol. The molecule has 1 unspecified atom stereocenters. The molecule has 25 heavy (non-hydrogen) atoms. The van der Waals surface area contributed by atoms with Crippen molar-refractivity contribution in [3.63, 3.8) is 0 Å². The highest BCUT2D eigenvalue weighted by Crippen LogP contribution is 2.27. The summed E-state index contributed by atoms with van der Waals surface area (Å²) in [5, 5.41) is 3.63. The fourth-order valence-electron chi connectivity index (χ4n) is 3.72. The van der Waals surface area contributed by atoms with Crippen molar-refractivity contribution < 1.29 is 9.53 Å². The normalized spacial score (nSPS) is 26.8. The average molecular weight is 409 g/mol. The molecule has 0 aliphatic carbocycles. The molecular formula is C19H27BrN3O2. The second kappa shape index (κ2) is 8.52. The zero-order chi connectivity index (χ0) is 17.8. The van der Waals surface area contributed by atoms with Gasteiger partial charge in [0.1, 0.15) is 12.4 Å². The van der Waals surface area contributed by atoms with Gasteiger partial charge in [-0.3, -0.25) is 9.69 Å². The van der Waals surface area contributed by atoms with Crippen LogP contribution in [-0.2, 0) is 11.2 Å². The summed E-state index contributed by atoms with van der Waals surface area (Å²) in [7, 11) is 0. The van der Waals surface area contributed by atoms with Crippen molar-refractivity contribution in [3.05, 3.63) is 28.2 Å². The van der Waals surface area contributed by atoms with Crippen LogP contribution in [0.1, 0.15) is 25.8 Å². The minimum atomic E-state index is 0.253. The summed E-state index contributed by atoms with van der Waals surface area (Å²) >= 11 is 3.53. The third-order valence-corrected chi connectivity index (χ3v) is 5.71. The second-order valence-corrected chi connectivity index (χ2v) is 8.12. The summed E-state index contributed by atoms with van der Waals surface area (Å²) in [6, 6.07) is 7.24. The van der Waals surface area contributed by atoms with Crippen molar-refractivity contribution in [1.29, 1.82) is 0 Å². The number of nitrogens with zero attached hydrogens (tertiary/aromatic N) is 2. The first-order chi connectivity index (χ1) is 12.1. The quantitative estimate of drug-likeness (QED) is 0.732. The molecule has 2 aliphatic rings.